The van der Waals surface area contributed by atoms with Crippen LogP contribution < -0.4 is 16.1 Å². The van der Waals surface area contributed by atoms with Crippen LogP contribution in [-0.4, -0.2) is 23.1 Å². The molecule has 1 heterocycles. The molecule has 134 valence electrons. The molecule has 3 aromatic rings. The Bertz CT molecular complexity index is 977. The molecule has 0 aliphatic carbocycles. The Kier molecular flexibility index (Phi) is 5.20. The summed E-state index contributed by atoms with van der Waals surface area (Å²) in [6, 6.07) is 10.7. The van der Waals surface area contributed by atoms with E-state index in [-0.39, 0.29) is 5.95 Å². The number of amides is 2. The lowest BCUT2D eigenvalue weighted by molar-refractivity contribution is 0.262. The zero-order valence-electron chi connectivity index (χ0n) is 14.6. The molecule has 0 unspecified atom stereocenters. The van der Waals surface area contributed by atoms with Crippen LogP contribution in [0.5, 0.6) is 0 Å². The van der Waals surface area contributed by atoms with Crippen molar-refractivity contribution in [2.45, 2.75) is 13.8 Å². The molecule has 2 amide bonds. The molecule has 0 spiro atoms. The molecular formula is C18H18ClN5O2. The van der Waals surface area contributed by atoms with Crippen LogP contribution in [0.3, 0.4) is 0 Å². The maximum atomic E-state index is 12.2. The minimum Gasteiger partial charge on any atom is -0.308 e. The smallest absolute Gasteiger partial charge is 0.308 e. The lowest BCUT2D eigenvalue weighted by atomic mass is 10.1. The Morgan fingerprint density at radius 3 is 2.62 bits per heavy atom. The van der Waals surface area contributed by atoms with E-state index < -0.39 is 6.03 Å². The van der Waals surface area contributed by atoms with Gasteiger partial charge in [-0.2, -0.15) is 4.98 Å². The summed E-state index contributed by atoms with van der Waals surface area (Å²) in [6.07, 6.45) is 0. The van der Waals surface area contributed by atoms with Crippen molar-refractivity contribution in [1.82, 2.24) is 9.97 Å². The van der Waals surface area contributed by atoms with E-state index in [4.69, 9.17) is 16.4 Å². The van der Waals surface area contributed by atoms with Crippen LogP contribution in [0.25, 0.3) is 10.8 Å². The number of fused-ring (bicyclic) bond motifs is 1. The van der Waals surface area contributed by atoms with Crippen molar-refractivity contribution in [1.29, 1.82) is 0 Å². The first-order valence-corrected chi connectivity index (χ1v) is 8.25. The molecule has 7 nitrogen and oxygen atoms in total. The number of aryl methyl sites for hydroxylation is 2. The molecule has 0 saturated heterocycles. The van der Waals surface area contributed by atoms with Gasteiger partial charge in [-0.15, -0.1) is 0 Å². The van der Waals surface area contributed by atoms with Crippen LogP contribution in [0.2, 0.25) is 5.02 Å². The molecule has 3 rings (SSSR count). The van der Waals surface area contributed by atoms with Crippen molar-refractivity contribution in [3.8, 4) is 0 Å². The van der Waals surface area contributed by atoms with E-state index in [1.807, 2.05) is 37.3 Å². The number of carbonyl (C=O) groups excluding carboxylic acids is 1. The summed E-state index contributed by atoms with van der Waals surface area (Å²) < 4.78 is 0. The van der Waals surface area contributed by atoms with E-state index in [1.165, 1.54) is 7.11 Å². The van der Waals surface area contributed by atoms with Crippen LogP contribution >= 0.6 is 11.6 Å². The van der Waals surface area contributed by atoms with Gasteiger partial charge < -0.3 is 5.32 Å². The van der Waals surface area contributed by atoms with E-state index in [1.54, 1.807) is 13.0 Å². The summed E-state index contributed by atoms with van der Waals surface area (Å²) in [5.41, 5.74) is 4.93. The highest BCUT2D eigenvalue weighted by atomic mass is 35.5. The lowest BCUT2D eigenvalue weighted by Gasteiger charge is -2.10. The van der Waals surface area contributed by atoms with E-state index in [0.29, 0.717) is 22.2 Å². The fourth-order valence-corrected chi connectivity index (χ4v) is 2.68. The van der Waals surface area contributed by atoms with Gasteiger partial charge in [-0.3, -0.25) is 10.2 Å². The summed E-state index contributed by atoms with van der Waals surface area (Å²) >= 11 is 6.14. The second-order valence-electron chi connectivity index (χ2n) is 5.77. The van der Waals surface area contributed by atoms with Gasteiger partial charge in [0.25, 0.3) is 0 Å². The van der Waals surface area contributed by atoms with Crippen LogP contribution in [0.1, 0.15) is 11.3 Å². The molecule has 2 aromatic carbocycles. The number of nitrogens with zero attached hydrogens (tertiary/aromatic N) is 2. The Morgan fingerprint density at radius 2 is 1.85 bits per heavy atom. The number of halogens is 1. The number of benzene rings is 2. The van der Waals surface area contributed by atoms with Gasteiger partial charge in [-0.05, 0) is 54.4 Å². The predicted molar refractivity (Wildman–Crippen MR) is 104 cm³/mol. The van der Waals surface area contributed by atoms with Crippen LogP contribution in [0, 0.1) is 13.8 Å². The summed E-state index contributed by atoms with van der Waals surface area (Å²) in [6.45, 7) is 3.73. The molecule has 0 fully saturated rings. The van der Waals surface area contributed by atoms with Crippen LogP contribution in [0.15, 0.2) is 36.4 Å². The molecule has 0 aliphatic heterocycles. The standard InChI is InChI=1S/C18H18ClN5O2/c1-10-6-13-8-14(5-4-12(13)9-15(10)19)21-18(25)23-17-20-11(2)7-16(22-17)24-26-3/h4-9H,1-3H3,(H3,20,21,22,23,24,25). The summed E-state index contributed by atoms with van der Waals surface area (Å²) in [5, 5.41) is 8.09. The molecule has 3 N–H and O–H groups in total. The maximum absolute atomic E-state index is 12.2. The van der Waals surface area contributed by atoms with Gasteiger partial charge in [0, 0.05) is 22.5 Å². The maximum Gasteiger partial charge on any atom is 0.326 e. The van der Waals surface area contributed by atoms with E-state index in [0.717, 1.165) is 16.3 Å². The van der Waals surface area contributed by atoms with Crippen molar-refractivity contribution < 1.29 is 9.63 Å². The fraction of sp³-hybridized carbons (Fsp3) is 0.167. The van der Waals surface area contributed by atoms with E-state index in [2.05, 4.69) is 26.1 Å². The van der Waals surface area contributed by atoms with Crippen molar-refractivity contribution in [3.05, 3.63) is 52.7 Å². The minimum absolute atomic E-state index is 0.172. The third-order valence-corrected chi connectivity index (χ3v) is 4.07. The monoisotopic (exact) mass is 371 g/mol. The van der Waals surface area contributed by atoms with Gasteiger partial charge in [-0.25, -0.2) is 15.3 Å². The lowest BCUT2D eigenvalue weighted by Crippen LogP contribution is -2.21. The number of anilines is 3. The predicted octanol–water partition coefficient (Wildman–Crippen LogP) is 4.52. The van der Waals surface area contributed by atoms with Crippen molar-refractivity contribution >= 4 is 45.9 Å². The second-order valence-corrected chi connectivity index (χ2v) is 6.17. The SMILES string of the molecule is CONc1cc(C)nc(NC(=O)Nc2ccc3cc(Cl)c(C)cc3c2)n1. The van der Waals surface area contributed by atoms with Gasteiger partial charge in [0.15, 0.2) is 5.82 Å². The number of rotatable bonds is 4. The highest BCUT2D eigenvalue weighted by Crippen LogP contribution is 2.26. The van der Waals surface area contributed by atoms with E-state index >= 15 is 0 Å². The zero-order valence-corrected chi connectivity index (χ0v) is 15.3. The Morgan fingerprint density at radius 1 is 1.04 bits per heavy atom. The molecule has 0 aliphatic rings. The molecule has 1 aromatic heterocycles. The van der Waals surface area contributed by atoms with Gasteiger partial charge in [-0.1, -0.05) is 17.7 Å². The first kappa shape index (κ1) is 17.9. The van der Waals surface area contributed by atoms with Crippen molar-refractivity contribution in [3.63, 3.8) is 0 Å². The third kappa shape index (κ3) is 4.19. The number of aromatic nitrogens is 2. The van der Waals surface area contributed by atoms with Gasteiger partial charge >= 0.3 is 6.03 Å². The first-order valence-electron chi connectivity index (χ1n) is 7.87. The molecule has 0 radical (unpaired) electrons. The highest BCUT2D eigenvalue weighted by molar-refractivity contribution is 6.32. The zero-order chi connectivity index (χ0) is 18.7. The van der Waals surface area contributed by atoms with Crippen molar-refractivity contribution in [2.24, 2.45) is 0 Å². The molecular weight excluding hydrogens is 354 g/mol. The number of hydrogen-bond acceptors (Lipinski definition) is 5. The van der Waals surface area contributed by atoms with Crippen LogP contribution in [-0.2, 0) is 4.84 Å². The normalized spacial score (nSPS) is 10.6. The fourth-order valence-electron chi connectivity index (χ4n) is 2.51. The number of urea groups is 1. The Labute approximate surface area is 155 Å². The topological polar surface area (TPSA) is 88.2 Å². The number of carbonyl (C=O) groups is 1. The highest BCUT2D eigenvalue weighted by Gasteiger charge is 2.08. The Hall–Kier alpha value is -2.90. The average Bonchev–Trinajstić information content (AvgIpc) is 2.56. The van der Waals surface area contributed by atoms with Crippen molar-refractivity contribution in [2.75, 3.05) is 23.2 Å². The minimum atomic E-state index is -0.441. The molecule has 0 atom stereocenters. The molecule has 0 bridgehead atoms. The summed E-state index contributed by atoms with van der Waals surface area (Å²) in [4.78, 5) is 25.4. The Balaban J connectivity index is 1.76. The van der Waals surface area contributed by atoms with Crippen LogP contribution in [0.4, 0.5) is 22.2 Å². The molecule has 0 saturated carbocycles. The largest absolute Gasteiger partial charge is 0.326 e. The quantitative estimate of drug-likeness (QED) is 0.587. The van der Waals surface area contributed by atoms with Gasteiger partial charge in [0.2, 0.25) is 5.95 Å². The second kappa shape index (κ2) is 7.55. The van der Waals surface area contributed by atoms with E-state index in [9.17, 15) is 4.79 Å². The summed E-state index contributed by atoms with van der Waals surface area (Å²) in [7, 11) is 1.48. The summed E-state index contributed by atoms with van der Waals surface area (Å²) in [5.74, 6) is 0.624. The number of hydrogen-bond donors (Lipinski definition) is 3. The van der Waals surface area contributed by atoms with Gasteiger partial charge in [0.05, 0.1) is 7.11 Å². The molecule has 26 heavy (non-hydrogen) atoms. The molecule has 8 heteroatoms. The number of nitrogens with one attached hydrogen (secondary N) is 3. The first-order chi connectivity index (χ1) is 12.4. The van der Waals surface area contributed by atoms with Gasteiger partial charge in [0.1, 0.15) is 0 Å². The third-order valence-electron chi connectivity index (χ3n) is 3.66. The average molecular weight is 372 g/mol.